The highest BCUT2D eigenvalue weighted by atomic mass is 16.5. The van der Waals surface area contributed by atoms with Gasteiger partial charge in [0.2, 0.25) is 0 Å². The van der Waals surface area contributed by atoms with Gasteiger partial charge in [-0.3, -0.25) is 9.59 Å². The number of nitrogens with zero attached hydrogens (tertiary/aromatic N) is 1. The van der Waals surface area contributed by atoms with Gasteiger partial charge in [0.05, 0.1) is 6.42 Å². The second-order valence-corrected chi connectivity index (χ2v) is 5.53. The molecule has 2 fully saturated rings. The van der Waals surface area contributed by atoms with Gasteiger partial charge in [-0.05, 0) is 45.4 Å². The molecule has 1 saturated heterocycles. The summed E-state index contributed by atoms with van der Waals surface area (Å²) >= 11 is 0. The average molecular weight is 269 g/mol. The molecule has 1 N–H and O–H groups in total. The lowest BCUT2D eigenvalue weighted by Gasteiger charge is -2.34. The van der Waals surface area contributed by atoms with Crippen LogP contribution in [0.5, 0.6) is 0 Å². The summed E-state index contributed by atoms with van der Waals surface area (Å²) < 4.78 is 5.78. The summed E-state index contributed by atoms with van der Waals surface area (Å²) in [4.78, 5) is 25.4. The number of aliphatic carboxylic acids is 1. The highest BCUT2D eigenvalue weighted by Gasteiger charge is 2.47. The van der Waals surface area contributed by atoms with Crippen LogP contribution in [0.2, 0.25) is 0 Å². The van der Waals surface area contributed by atoms with E-state index in [0.717, 1.165) is 38.5 Å². The number of amides is 1. The normalized spacial score (nSPS) is 25.7. The van der Waals surface area contributed by atoms with Gasteiger partial charge in [0.25, 0.3) is 5.91 Å². The number of rotatable bonds is 5. The van der Waals surface area contributed by atoms with E-state index in [4.69, 9.17) is 9.84 Å². The van der Waals surface area contributed by atoms with Crippen molar-refractivity contribution >= 4 is 11.9 Å². The molecular formula is C14H23NO4. The molecule has 1 saturated carbocycles. The monoisotopic (exact) mass is 269 g/mol. The number of carbonyl (C=O) groups excluding carboxylic acids is 1. The molecule has 5 heteroatoms. The van der Waals surface area contributed by atoms with Crippen molar-refractivity contribution in [1.29, 1.82) is 0 Å². The van der Waals surface area contributed by atoms with Gasteiger partial charge in [0.15, 0.2) is 0 Å². The van der Waals surface area contributed by atoms with Crippen molar-refractivity contribution < 1.29 is 19.4 Å². The van der Waals surface area contributed by atoms with E-state index in [1.54, 1.807) is 4.90 Å². The predicted molar refractivity (Wildman–Crippen MR) is 69.8 cm³/mol. The largest absolute Gasteiger partial charge is 0.481 e. The first-order chi connectivity index (χ1) is 9.09. The lowest BCUT2D eigenvalue weighted by molar-refractivity contribution is -0.159. The summed E-state index contributed by atoms with van der Waals surface area (Å²) in [6, 6.07) is -0.150. The van der Waals surface area contributed by atoms with Gasteiger partial charge in [0, 0.05) is 19.2 Å². The minimum atomic E-state index is -0.832. The fourth-order valence-electron chi connectivity index (χ4n) is 3.42. The molecule has 1 unspecified atom stereocenters. The van der Waals surface area contributed by atoms with Crippen LogP contribution in [0.4, 0.5) is 0 Å². The molecule has 0 aromatic heterocycles. The molecule has 2 aliphatic rings. The topological polar surface area (TPSA) is 66.8 Å². The molecule has 1 aliphatic carbocycles. The Morgan fingerprint density at radius 3 is 2.58 bits per heavy atom. The Hall–Kier alpha value is -1.10. The Labute approximate surface area is 113 Å². The zero-order valence-electron chi connectivity index (χ0n) is 11.6. The van der Waals surface area contributed by atoms with Crippen LogP contribution in [0.25, 0.3) is 0 Å². The highest BCUT2D eigenvalue weighted by Crippen LogP contribution is 2.37. The SMILES string of the molecule is CCOC1(C(=O)N2CCCC2CC(=O)O)CCCC1. The van der Waals surface area contributed by atoms with Crippen LogP contribution in [0, 0.1) is 0 Å². The summed E-state index contributed by atoms with van der Waals surface area (Å²) in [5.74, 6) is -0.808. The van der Waals surface area contributed by atoms with E-state index in [1.165, 1.54) is 0 Å². The van der Waals surface area contributed by atoms with Crippen LogP contribution in [0.3, 0.4) is 0 Å². The van der Waals surface area contributed by atoms with Crippen molar-refractivity contribution in [2.45, 2.75) is 63.5 Å². The van der Waals surface area contributed by atoms with E-state index in [1.807, 2.05) is 6.92 Å². The third kappa shape index (κ3) is 2.91. The molecule has 1 atom stereocenters. The number of ether oxygens (including phenoxy) is 1. The second kappa shape index (κ2) is 5.90. The quantitative estimate of drug-likeness (QED) is 0.826. The lowest BCUT2D eigenvalue weighted by Crippen LogP contribution is -2.51. The molecule has 19 heavy (non-hydrogen) atoms. The van der Waals surface area contributed by atoms with E-state index in [2.05, 4.69) is 0 Å². The van der Waals surface area contributed by atoms with Gasteiger partial charge >= 0.3 is 5.97 Å². The summed E-state index contributed by atoms with van der Waals surface area (Å²) in [6.45, 7) is 3.11. The molecule has 5 nitrogen and oxygen atoms in total. The first kappa shape index (κ1) is 14.3. The fourth-order valence-corrected chi connectivity index (χ4v) is 3.42. The number of carbonyl (C=O) groups is 2. The molecule has 0 bridgehead atoms. The van der Waals surface area contributed by atoms with Crippen molar-refractivity contribution in [3.05, 3.63) is 0 Å². The maximum absolute atomic E-state index is 12.8. The van der Waals surface area contributed by atoms with Gasteiger partial charge in [-0.15, -0.1) is 0 Å². The van der Waals surface area contributed by atoms with Gasteiger partial charge in [-0.25, -0.2) is 0 Å². The van der Waals surface area contributed by atoms with Gasteiger partial charge < -0.3 is 14.7 Å². The Morgan fingerprint density at radius 1 is 1.32 bits per heavy atom. The number of carboxylic acids is 1. The fraction of sp³-hybridized carbons (Fsp3) is 0.857. The Balaban J connectivity index is 2.10. The van der Waals surface area contributed by atoms with E-state index in [-0.39, 0.29) is 18.4 Å². The molecule has 0 aromatic rings. The van der Waals surface area contributed by atoms with Crippen LogP contribution in [-0.4, -0.2) is 46.7 Å². The minimum Gasteiger partial charge on any atom is -0.481 e. The third-order valence-corrected chi connectivity index (χ3v) is 4.27. The summed E-state index contributed by atoms with van der Waals surface area (Å²) in [6.07, 6.45) is 5.32. The smallest absolute Gasteiger partial charge is 0.305 e. The molecule has 2 rings (SSSR count). The predicted octanol–water partition coefficient (Wildman–Crippen LogP) is 1.80. The molecule has 0 radical (unpaired) electrons. The molecule has 1 amide bonds. The van der Waals surface area contributed by atoms with E-state index >= 15 is 0 Å². The van der Waals surface area contributed by atoms with Gasteiger partial charge in [0.1, 0.15) is 5.60 Å². The van der Waals surface area contributed by atoms with E-state index in [0.29, 0.717) is 13.2 Å². The molecule has 0 spiro atoms. The molecule has 1 heterocycles. The highest BCUT2D eigenvalue weighted by molar-refractivity contribution is 5.86. The van der Waals surface area contributed by atoms with Crippen molar-refractivity contribution in [2.75, 3.05) is 13.2 Å². The number of hydrogen-bond donors (Lipinski definition) is 1. The zero-order valence-corrected chi connectivity index (χ0v) is 11.6. The Morgan fingerprint density at radius 2 is 2.00 bits per heavy atom. The number of hydrogen-bond acceptors (Lipinski definition) is 3. The Bertz CT molecular complexity index is 349. The van der Waals surface area contributed by atoms with Crippen molar-refractivity contribution in [2.24, 2.45) is 0 Å². The maximum atomic E-state index is 12.8. The maximum Gasteiger partial charge on any atom is 0.305 e. The minimum absolute atomic E-state index is 0.0237. The zero-order chi connectivity index (χ0) is 13.9. The molecular weight excluding hydrogens is 246 g/mol. The van der Waals surface area contributed by atoms with Gasteiger partial charge in [-0.2, -0.15) is 0 Å². The van der Waals surface area contributed by atoms with Crippen LogP contribution in [0.15, 0.2) is 0 Å². The first-order valence-electron chi connectivity index (χ1n) is 7.26. The van der Waals surface area contributed by atoms with Crippen LogP contribution >= 0.6 is 0 Å². The Kier molecular flexibility index (Phi) is 4.45. The summed E-state index contributed by atoms with van der Waals surface area (Å²) in [7, 11) is 0. The standard InChI is InChI=1S/C14H23NO4/c1-2-19-14(7-3-4-8-14)13(18)15-9-5-6-11(15)10-12(16)17/h11H,2-10H2,1H3,(H,16,17). The van der Waals surface area contributed by atoms with Crippen molar-refractivity contribution in [1.82, 2.24) is 4.90 Å². The van der Waals surface area contributed by atoms with E-state index in [9.17, 15) is 9.59 Å². The van der Waals surface area contributed by atoms with Crippen LogP contribution in [0.1, 0.15) is 51.9 Å². The lowest BCUT2D eigenvalue weighted by atomic mass is 9.99. The average Bonchev–Trinajstić information content (AvgIpc) is 2.98. The summed E-state index contributed by atoms with van der Waals surface area (Å²) in [5, 5.41) is 8.94. The van der Waals surface area contributed by atoms with Crippen molar-refractivity contribution in [3.8, 4) is 0 Å². The van der Waals surface area contributed by atoms with E-state index < -0.39 is 11.6 Å². The third-order valence-electron chi connectivity index (χ3n) is 4.27. The second-order valence-electron chi connectivity index (χ2n) is 5.53. The molecule has 0 aromatic carbocycles. The van der Waals surface area contributed by atoms with Crippen LogP contribution in [-0.2, 0) is 14.3 Å². The number of carboxylic acid groups (broad SMARTS) is 1. The van der Waals surface area contributed by atoms with Crippen molar-refractivity contribution in [3.63, 3.8) is 0 Å². The molecule has 1 aliphatic heterocycles. The van der Waals surface area contributed by atoms with Crippen LogP contribution < -0.4 is 0 Å². The summed E-state index contributed by atoms with van der Waals surface area (Å²) in [5.41, 5.74) is -0.671. The first-order valence-corrected chi connectivity index (χ1v) is 7.26. The number of likely N-dealkylation sites (tertiary alicyclic amines) is 1. The van der Waals surface area contributed by atoms with Gasteiger partial charge in [-0.1, -0.05) is 0 Å². The molecule has 108 valence electrons.